The normalized spacial score (nSPS) is 12.0. The van der Waals surface area contributed by atoms with E-state index in [2.05, 4.69) is 24.4 Å². The molecule has 0 saturated heterocycles. The molecular weight excluding hydrogens is 276 g/mol. The number of aromatic nitrogens is 1. The van der Waals surface area contributed by atoms with E-state index in [9.17, 15) is 9.59 Å². The van der Waals surface area contributed by atoms with Crippen molar-refractivity contribution in [3.63, 3.8) is 0 Å². The quantitative estimate of drug-likeness (QED) is 0.920. The summed E-state index contributed by atoms with van der Waals surface area (Å²) < 4.78 is 1.42. The maximum atomic E-state index is 12.1. The molecule has 0 unspecified atom stereocenters. The van der Waals surface area contributed by atoms with E-state index in [1.54, 1.807) is 6.20 Å². The first kappa shape index (κ1) is 16.0. The van der Waals surface area contributed by atoms with Gasteiger partial charge in [-0.3, -0.25) is 9.59 Å². The van der Waals surface area contributed by atoms with Gasteiger partial charge in [0.2, 0.25) is 5.91 Å². The van der Waals surface area contributed by atoms with Crippen molar-refractivity contribution in [1.82, 2.24) is 9.88 Å². The van der Waals surface area contributed by atoms with E-state index in [0.29, 0.717) is 0 Å². The molecule has 0 fully saturated rings. The molecule has 22 heavy (non-hydrogen) atoms. The minimum atomic E-state index is -0.151. The summed E-state index contributed by atoms with van der Waals surface area (Å²) >= 11 is 0. The molecule has 0 spiro atoms. The molecule has 0 aliphatic rings. The number of nitrogens with one attached hydrogen (secondary N) is 1. The zero-order valence-corrected chi connectivity index (χ0v) is 13.3. The monoisotopic (exact) mass is 298 g/mol. The van der Waals surface area contributed by atoms with Crippen molar-refractivity contribution in [3.05, 3.63) is 69.6 Å². The van der Waals surface area contributed by atoms with Crippen LogP contribution in [0.3, 0.4) is 0 Å². The lowest BCUT2D eigenvalue weighted by molar-refractivity contribution is -0.122. The smallest absolute Gasteiger partial charge is 0.251 e. The number of benzene rings is 1. The van der Waals surface area contributed by atoms with Gasteiger partial charge in [0.15, 0.2) is 0 Å². The lowest BCUT2D eigenvalue weighted by atomic mass is 10.0. The number of rotatable bonds is 5. The van der Waals surface area contributed by atoms with Crippen LogP contribution in [0.5, 0.6) is 0 Å². The number of carbonyl (C=O) groups excluding carboxylic acids is 1. The van der Waals surface area contributed by atoms with Gasteiger partial charge in [-0.15, -0.1) is 0 Å². The minimum Gasteiger partial charge on any atom is -0.352 e. The molecule has 1 N–H and O–H groups in total. The molecule has 0 saturated carbocycles. The SMILES string of the molecule is Cc1ccn(CC(=O)N[C@H](C)Cc2ccccc2C)c(=O)c1. The maximum absolute atomic E-state index is 12.1. The fourth-order valence-corrected chi connectivity index (χ4v) is 2.43. The highest BCUT2D eigenvalue weighted by molar-refractivity contribution is 5.76. The summed E-state index contributed by atoms with van der Waals surface area (Å²) in [6, 6.07) is 11.5. The Morgan fingerprint density at radius 1 is 1.23 bits per heavy atom. The van der Waals surface area contributed by atoms with Crippen molar-refractivity contribution in [2.75, 3.05) is 0 Å². The van der Waals surface area contributed by atoms with Gasteiger partial charge in [-0.05, 0) is 49.9 Å². The van der Waals surface area contributed by atoms with Crippen LogP contribution in [0.2, 0.25) is 0 Å². The van der Waals surface area contributed by atoms with Gasteiger partial charge >= 0.3 is 0 Å². The van der Waals surface area contributed by atoms with E-state index < -0.39 is 0 Å². The van der Waals surface area contributed by atoms with Crippen molar-refractivity contribution >= 4 is 5.91 Å². The van der Waals surface area contributed by atoms with E-state index >= 15 is 0 Å². The molecule has 0 aliphatic heterocycles. The second-order valence-electron chi connectivity index (χ2n) is 5.77. The van der Waals surface area contributed by atoms with E-state index in [0.717, 1.165) is 12.0 Å². The Bertz CT molecular complexity index is 719. The van der Waals surface area contributed by atoms with E-state index in [-0.39, 0.29) is 24.1 Å². The Kier molecular flexibility index (Phi) is 5.15. The van der Waals surface area contributed by atoms with Gasteiger partial charge in [0.05, 0.1) is 0 Å². The number of aryl methyl sites for hydroxylation is 2. The number of hydrogen-bond acceptors (Lipinski definition) is 2. The summed E-state index contributed by atoms with van der Waals surface area (Å²) in [4.78, 5) is 23.8. The van der Waals surface area contributed by atoms with Crippen LogP contribution >= 0.6 is 0 Å². The first-order valence-electron chi connectivity index (χ1n) is 7.46. The predicted octanol–water partition coefficient (Wildman–Crippen LogP) is 2.21. The minimum absolute atomic E-state index is 0.0229. The van der Waals surface area contributed by atoms with E-state index in [1.807, 2.05) is 32.0 Å². The van der Waals surface area contributed by atoms with Crippen LogP contribution in [0, 0.1) is 13.8 Å². The third kappa shape index (κ3) is 4.32. The number of pyridine rings is 1. The lowest BCUT2D eigenvalue weighted by Crippen LogP contribution is -2.38. The topological polar surface area (TPSA) is 51.1 Å². The largest absolute Gasteiger partial charge is 0.352 e. The summed E-state index contributed by atoms with van der Waals surface area (Å²) in [6.45, 7) is 5.95. The second kappa shape index (κ2) is 7.07. The molecule has 0 bridgehead atoms. The molecule has 4 nitrogen and oxygen atoms in total. The zero-order valence-electron chi connectivity index (χ0n) is 13.3. The zero-order chi connectivity index (χ0) is 16.1. The second-order valence-corrected chi connectivity index (χ2v) is 5.77. The van der Waals surface area contributed by atoms with Crippen LogP contribution in [0.15, 0.2) is 47.4 Å². The predicted molar refractivity (Wildman–Crippen MR) is 87.9 cm³/mol. The van der Waals surface area contributed by atoms with Gasteiger partial charge in [-0.1, -0.05) is 24.3 Å². The average Bonchev–Trinajstić information content (AvgIpc) is 2.44. The first-order chi connectivity index (χ1) is 10.5. The molecule has 1 aromatic heterocycles. The van der Waals surface area contributed by atoms with Crippen LogP contribution in [0.25, 0.3) is 0 Å². The number of amides is 1. The summed E-state index contributed by atoms with van der Waals surface area (Å²) in [7, 11) is 0. The third-order valence-electron chi connectivity index (χ3n) is 3.66. The highest BCUT2D eigenvalue weighted by atomic mass is 16.2. The van der Waals surface area contributed by atoms with Crippen molar-refractivity contribution in [2.24, 2.45) is 0 Å². The fraction of sp³-hybridized carbons (Fsp3) is 0.333. The van der Waals surface area contributed by atoms with Gasteiger partial charge in [-0.25, -0.2) is 0 Å². The Morgan fingerprint density at radius 2 is 1.95 bits per heavy atom. The Hall–Kier alpha value is -2.36. The fourth-order valence-electron chi connectivity index (χ4n) is 2.43. The molecule has 1 heterocycles. The summed E-state index contributed by atoms with van der Waals surface area (Å²) in [5.74, 6) is -0.146. The summed E-state index contributed by atoms with van der Waals surface area (Å²) in [5.41, 5.74) is 3.19. The Balaban J connectivity index is 1.94. The van der Waals surface area contributed by atoms with Crippen LogP contribution in [-0.4, -0.2) is 16.5 Å². The van der Waals surface area contributed by atoms with Crippen molar-refractivity contribution in [2.45, 2.75) is 39.8 Å². The highest BCUT2D eigenvalue weighted by Crippen LogP contribution is 2.09. The van der Waals surface area contributed by atoms with E-state index in [1.165, 1.54) is 21.8 Å². The van der Waals surface area contributed by atoms with Crippen LogP contribution in [0.1, 0.15) is 23.6 Å². The maximum Gasteiger partial charge on any atom is 0.251 e. The number of carbonyl (C=O) groups is 1. The molecule has 1 amide bonds. The summed E-state index contributed by atoms with van der Waals surface area (Å²) in [5, 5.41) is 2.95. The third-order valence-corrected chi connectivity index (χ3v) is 3.66. The van der Waals surface area contributed by atoms with Crippen LogP contribution in [-0.2, 0) is 17.8 Å². The van der Waals surface area contributed by atoms with Gasteiger partial charge < -0.3 is 9.88 Å². The average molecular weight is 298 g/mol. The Morgan fingerprint density at radius 3 is 2.64 bits per heavy atom. The molecule has 2 rings (SSSR count). The lowest BCUT2D eigenvalue weighted by Gasteiger charge is -2.16. The molecule has 1 aromatic carbocycles. The van der Waals surface area contributed by atoms with Crippen LogP contribution < -0.4 is 10.9 Å². The molecule has 4 heteroatoms. The highest BCUT2D eigenvalue weighted by Gasteiger charge is 2.10. The number of hydrogen-bond donors (Lipinski definition) is 1. The molecule has 1 atom stereocenters. The van der Waals surface area contributed by atoms with Crippen molar-refractivity contribution < 1.29 is 4.79 Å². The van der Waals surface area contributed by atoms with E-state index in [4.69, 9.17) is 0 Å². The standard InChI is InChI=1S/C18H22N2O2/c1-13-8-9-20(18(22)10-13)12-17(21)19-15(3)11-16-7-5-4-6-14(16)2/h4-10,15H,11-12H2,1-3H3,(H,19,21)/t15-/m1/s1. The summed E-state index contributed by atoms with van der Waals surface area (Å²) in [6.07, 6.45) is 2.43. The van der Waals surface area contributed by atoms with Gasteiger partial charge in [0, 0.05) is 18.3 Å². The van der Waals surface area contributed by atoms with Gasteiger partial charge in [0.25, 0.3) is 5.56 Å². The molecule has 116 valence electrons. The van der Waals surface area contributed by atoms with Crippen molar-refractivity contribution in [1.29, 1.82) is 0 Å². The van der Waals surface area contributed by atoms with Crippen LogP contribution in [0.4, 0.5) is 0 Å². The molecule has 0 radical (unpaired) electrons. The molecular formula is C18H22N2O2. The van der Waals surface area contributed by atoms with Gasteiger partial charge in [0.1, 0.15) is 6.54 Å². The Labute approximate surface area is 130 Å². The number of nitrogens with zero attached hydrogens (tertiary/aromatic N) is 1. The molecule has 0 aliphatic carbocycles. The molecule has 2 aromatic rings. The first-order valence-corrected chi connectivity index (χ1v) is 7.46. The van der Waals surface area contributed by atoms with Crippen molar-refractivity contribution in [3.8, 4) is 0 Å². The van der Waals surface area contributed by atoms with Gasteiger partial charge in [-0.2, -0.15) is 0 Å².